The predicted octanol–water partition coefficient (Wildman–Crippen LogP) is 2.39. The first-order valence-electron chi connectivity index (χ1n) is 6.43. The summed E-state index contributed by atoms with van der Waals surface area (Å²) in [4.78, 5) is 8.49. The van der Waals surface area contributed by atoms with Crippen LogP contribution in [0, 0.1) is 13.8 Å². The van der Waals surface area contributed by atoms with Gasteiger partial charge in [0, 0.05) is 11.6 Å². The van der Waals surface area contributed by atoms with Crippen molar-refractivity contribution in [3.8, 4) is 0 Å². The molecule has 0 aliphatic rings. The Balaban J connectivity index is 2.07. The molecular weight excluding hydrogens is 252 g/mol. The molecule has 0 saturated carbocycles. The average Bonchev–Trinajstić information content (AvgIpc) is 2.82. The number of benzene rings is 1. The Morgan fingerprint density at radius 3 is 2.80 bits per heavy atom. The monoisotopic (exact) mass is 268 g/mol. The van der Waals surface area contributed by atoms with Crippen LogP contribution in [0.3, 0.4) is 0 Å². The number of aromatic nitrogens is 2. The van der Waals surface area contributed by atoms with Gasteiger partial charge in [0.15, 0.2) is 0 Å². The fourth-order valence-corrected chi connectivity index (χ4v) is 2.27. The highest BCUT2D eigenvalue weighted by Crippen LogP contribution is 2.27. The quantitative estimate of drug-likeness (QED) is 0.563. The minimum Gasteiger partial charge on any atom is -0.459 e. The second-order valence-corrected chi connectivity index (χ2v) is 4.82. The number of hydrazine groups is 1. The number of fused-ring (bicyclic) bond motifs is 1. The summed E-state index contributed by atoms with van der Waals surface area (Å²) < 4.78 is 5.87. The number of aryl methyl sites for hydroxylation is 2. The van der Waals surface area contributed by atoms with Crippen LogP contribution in [0.1, 0.15) is 28.9 Å². The Labute approximate surface area is 116 Å². The number of rotatable bonds is 3. The molecule has 1 unspecified atom stereocenters. The Morgan fingerprint density at radius 1 is 1.20 bits per heavy atom. The van der Waals surface area contributed by atoms with Crippen LogP contribution in [0.15, 0.2) is 40.9 Å². The van der Waals surface area contributed by atoms with Gasteiger partial charge in [-0.15, -0.1) is 0 Å². The molecule has 0 bridgehead atoms. The average molecular weight is 268 g/mol. The third-order valence-corrected chi connectivity index (χ3v) is 3.24. The van der Waals surface area contributed by atoms with Gasteiger partial charge < -0.3 is 4.42 Å². The number of hydrogen-bond donors (Lipinski definition) is 2. The van der Waals surface area contributed by atoms with Crippen LogP contribution in [0.25, 0.3) is 11.0 Å². The molecule has 3 rings (SSSR count). The van der Waals surface area contributed by atoms with Gasteiger partial charge in [0.05, 0.1) is 5.69 Å². The van der Waals surface area contributed by atoms with Crippen LogP contribution in [0.4, 0.5) is 0 Å². The van der Waals surface area contributed by atoms with Crippen LogP contribution < -0.4 is 11.3 Å². The van der Waals surface area contributed by atoms with Crippen molar-refractivity contribution in [2.75, 3.05) is 0 Å². The molecule has 5 nitrogen and oxygen atoms in total. The maximum atomic E-state index is 5.87. The molecule has 0 aliphatic carbocycles. The van der Waals surface area contributed by atoms with E-state index in [2.05, 4.69) is 28.4 Å². The van der Waals surface area contributed by atoms with Crippen molar-refractivity contribution in [2.24, 2.45) is 5.84 Å². The van der Waals surface area contributed by atoms with E-state index < -0.39 is 0 Å². The highest BCUT2D eigenvalue weighted by Gasteiger charge is 2.18. The molecule has 0 aliphatic heterocycles. The van der Waals surface area contributed by atoms with E-state index in [1.165, 1.54) is 5.56 Å². The Kier molecular flexibility index (Phi) is 3.22. The van der Waals surface area contributed by atoms with Gasteiger partial charge in [0.25, 0.3) is 0 Å². The van der Waals surface area contributed by atoms with E-state index in [4.69, 9.17) is 10.3 Å². The van der Waals surface area contributed by atoms with Gasteiger partial charge in [0.2, 0.25) is 0 Å². The van der Waals surface area contributed by atoms with Crippen LogP contribution in [0.2, 0.25) is 0 Å². The van der Waals surface area contributed by atoms with Gasteiger partial charge in [-0.05, 0) is 38.1 Å². The minimum atomic E-state index is -0.288. The summed E-state index contributed by atoms with van der Waals surface area (Å²) in [5, 5.41) is 1.06. The van der Waals surface area contributed by atoms with Gasteiger partial charge in [-0.25, -0.2) is 15.4 Å². The van der Waals surface area contributed by atoms with Crippen molar-refractivity contribution in [3.63, 3.8) is 0 Å². The zero-order valence-corrected chi connectivity index (χ0v) is 11.4. The van der Waals surface area contributed by atoms with Crippen molar-refractivity contribution in [3.05, 3.63) is 59.4 Å². The van der Waals surface area contributed by atoms with Gasteiger partial charge in [-0.3, -0.25) is 5.84 Å². The third-order valence-electron chi connectivity index (χ3n) is 3.24. The third kappa shape index (κ3) is 2.29. The van der Waals surface area contributed by atoms with Crippen molar-refractivity contribution in [1.29, 1.82) is 0 Å². The van der Waals surface area contributed by atoms with Crippen LogP contribution in [0.5, 0.6) is 0 Å². The van der Waals surface area contributed by atoms with Crippen molar-refractivity contribution >= 4 is 11.0 Å². The smallest absolute Gasteiger partial charge is 0.134 e. The van der Waals surface area contributed by atoms with Crippen LogP contribution >= 0.6 is 0 Å². The topological polar surface area (TPSA) is 77.0 Å². The lowest BCUT2D eigenvalue weighted by atomic mass is 10.1. The van der Waals surface area contributed by atoms with E-state index >= 15 is 0 Å². The zero-order chi connectivity index (χ0) is 14.1. The lowest BCUT2D eigenvalue weighted by Crippen LogP contribution is -2.29. The molecule has 0 saturated heterocycles. The molecule has 2 aromatic heterocycles. The van der Waals surface area contributed by atoms with Gasteiger partial charge in [-0.2, -0.15) is 0 Å². The number of hydrogen-bond acceptors (Lipinski definition) is 5. The second kappa shape index (κ2) is 5.03. The highest BCUT2D eigenvalue weighted by atomic mass is 16.3. The fourth-order valence-electron chi connectivity index (χ4n) is 2.27. The van der Waals surface area contributed by atoms with Gasteiger partial charge in [-0.1, -0.05) is 11.6 Å². The summed E-state index contributed by atoms with van der Waals surface area (Å²) in [6.07, 6.45) is 1.72. The van der Waals surface area contributed by atoms with E-state index in [-0.39, 0.29) is 6.04 Å². The standard InChI is InChI=1S/C15H16N4O/c1-9-3-4-13-11(7-9)8-14(20-13)15(19-16)12-5-6-17-10(2)18-12/h3-8,15,19H,16H2,1-2H3. The maximum Gasteiger partial charge on any atom is 0.134 e. The van der Waals surface area contributed by atoms with E-state index in [1.807, 2.05) is 31.2 Å². The Morgan fingerprint density at radius 2 is 2.05 bits per heavy atom. The minimum absolute atomic E-state index is 0.288. The lowest BCUT2D eigenvalue weighted by Gasteiger charge is -2.12. The molecule has 3 aromatic rings. The summed E-state index contributed by atoms with van der Waals surface area (Å²) in [6.45, 7) is 3.90. The van der Waals surface area contributed by atoms with Crippen LogP contribution in [-0.4, -0.2) is 9.97 Å². The maximum absolute atomic E-state index is 5.87. The van der Waals surface area contributed by atoms with E-state index in [1.54, 1.807) is 6.20 Å². The SMILES string of the molecule is Cc1ccc2oc(C(NN)c3ccnc(C)n3)cc2c1. The summed E-state index contributed by atoms with van der Waals surface area (Å²) in [7, 11) is 0. The summed E-state index contributed by atoms with van der Waals surface area (Å²) in [5.74, 6) is 7.11. The molecule has 102 valence electrons. The predicted molar refractivity (Wildman–Crippen MR) is 76.9 cm³/mol. The Hall–Kier alpha value is -2.24. The van der Waals surface area contributed by atoms with Crippen molar-refractivity contribution < 1.29 is 4.42 Å². The zero-order valence-electron chi connectivity index (χ0n) is 11.4. The van der Waals surface area contributed by atoms with Crippen LogP contribution in [-0.2, 0) is 0 Å². The summed E-state index contributed by atoms with van der Waals surface area (Å²) in [6, 6.07) is 9.60. The van der Waals surface area contributed by atoms with Gasteiger partial charge >= 0.3 is 0 Å². The lowest BCUT2D eigenvalue weighted by molar-refractivity contribution is 0.470. The molecule has 0 radical (unpaired) electrons. The second-order valence-electron chi connectivity index (χ2n) is 4.82. The first-order chi connectivity index (χ1) is 9.67. The number of furan rings is 1. The molecular formula is C15H16N4O. The van der Waals surface area contributed by atoms with Gasteiger partial charge in [0.1, 0.15) is 23.2 Å². The molecule has 3 N–H and O–H groups in total. The molecule has 0 fully saturated rings. The molecule has 0 spiro atoms. The van der Waals surface area contributed by atoms with E-state index in [0.717, 1.165) is 22.4 Å². The normalized spacial score (nSPS) is 12.8. The molecule has 2 heterocycles. The largest absolute Gasteiger partial charge is 0.459 e. The number of nitrogens with one attached hydrogen (secondary N) is 1. The Bertz CT molecular complexity index is 750. The van der Waals surface area contributed by atoms with Crippen molar-refractivity contribution in [1.82, 2.24) is 15.4 Å². The number of nitrogens with two attached hydrogens (primary N) is 1. The van der Waals surface area contributed by atoms with E-state index in [0.29, 0.717) is 5.82 Å². The number of nitrogens with zero attached hydrogens (tertiary/aromatic N) is 2. The first kappa shape index (κ1) is 12.8. The first-order valence-corrected chi connectivity index (χ1v) is 6.43. The fraction of sp³-hybridized carbons (Fsp3) is 0.200. The molecule has 1 aromatic carbocycles. The summed E-state index contributed by atoms with van der Waals surface area (Å²) in [5.41, 5.74) is 5.58. The van der Waals surface area contributed by atoms with Crippen molar-refractivity contribution in [2.45, 2.75) is 19.9 Å². The molecule has 20 heavy (non-hydrogen) atoms. The summed E-state index contributed by atoms with van der Waals surface area (Å²) >= 11 is 0. The molecule has 0 amide bonds. The molecule has 5 heteroatoms. The highest BCUT2D eigenvalue weighted by molar-refractivity contribution is 5.78. The van der Waals surface area contributed by atoms with E-state index in [9.17, 15) is 0 Å². The molecule has 1 atom stereocenters.